The molecule has 0 bridgehead atoms. The number of hydrogen-bond acceptors (Lipinski definition) is 4. The Bertz CT molecular complexity index is 695. The third-order valence-corrected chi connectivity index (χ3v) is 3.95. The highest BCUT2D eigenvalue weighted by atomic mass is 127. The first-order chi connectivity index (χ1) is 11.3. The third kappa shape index (κ3) is 4.71. The molecule has 2 rings (SSSR count). The molecule has 0 saturated heterocycles. The Labute approximate surface area is 152 Å². The van der Waals surface area contributed by atoms with Crippen molar-refractivity contribution in [2.45, 2.75) is 25.9 Å². The second-order valence-electron chi connectivity index (χ2n) is 5.13. The van der Waals surface area contributed by atoms with Gasteiger partial charge in [0.1, 0.15) is 5.56 Å². The maximum Gasteiger partial charge on any atom is 0.423 e. The maximum absolute atomic E-state index is 13.1. The number of alkyl halides is 3. The van der Waals surface area contributed by atoms with E-state index in [1.807, 2.05) is 31.2 Å². The number of rotatable bonds is 6. The number of anilines is 2. The average molecular weight is 451 g/mol. The zero-order valence-corrected chi connectivity index (χ0v) is 15.4. The first-order valence-electron chi connectivity index (χ1n) is 7.39. The van der Waals surface area contributed by atoms with Crippen molar-refractivity contribution in [2.75, 3.05) is 18.6 Å². The van der Waals surface area contributed by atoms with E-state index in [0.29, 0.717) is 6.42 Å². The summed E-state index contributed by atoms with van der Waals surface area (Å²) in [5.74, 6) is -0.282. The van der Waals surface area contributed by atoms with Crippen molar-refractivity contribution in [2.24, 2.45) is 0 Å². The summed E-state index contributed by atoms with van der Waals surface area (Å²) in [7, 11) is 1.70. The Balaban J connectivity index is 2.35. The van der Waals surface area contributed by atoms with E-state index in [-0.39, 0.29) is 12.6 Å². The molecule has 1 heterocycles. The van der Waals surface area contributed by atoms with Gasteiger partial charge in [-0.25, -0.2) is 4.98 Å². The van der Waals surface area contributed by atoms with Gasteiger partial charge in [-0.15, -0.1) is 0 Å². The molecule has 1 aromatic carbocycles. The molecular weight excluding hydrogens is 434 g/mol. The van der Waals surface area contributed by atoms with Gasteiger partial charge in [0.2, 0.25) is 11.8 Å². The molecule has 8 heteroatoms. The lowest BCUT2D eigenvalue weighted by molar-refractivity contribution is -0.139. The number of benzene rings is 1. The minimum Gasteiger partial charge on any atom is -0.477 e. The largest absolute Gasteiger partial charge is 0.477 e. The van der Waals surface area contributed by atoms with Crippen molar-refractivity contribution in [1.29, 1.82) is 0 Å². The van der Waals surface area contributed by atoms with Gasteiger partial charge in [-0.05, 0) is 47.2 Å². The van der Waals surface area contributed by atoms with Gasteiger partial charge >= 0.3 is 6.18 Å². The number of ether oxygens (including phenoxy) is 1. The van der Waals surface area contributed by atoms with E-state index < -0.39 is 17.6 Å². The molecule has 0 aliphatic heterocycles. The zero-order chi connectivity index (χ0) is 17.7. The lowest BCUT2D eigenvalue weighted by atomic mass is 10.3. The second-order valence-corrected chi connectivity index (χ2v) is 6.37. The summed E-state index contributed by atoms with van der Waals surface area (Å²) in [6.45, 7) is 2.12. The highest BCUT2D eigenvalue weighted by molar-refractivity contribution is 14.1. The first kappa shape index (κ1) is 18.8. The SMILES string of the molecule is CCCCOc1nc(N(C)c2cccc(I)c2)ncc1C(F)(F)F. The summed E-state index contributed by atoms with van der Waals surface area (Å²) in [6.07, 6.45) is -2.31. The van der Waals surface area contributed by atoms with E-state index in [4.69, 9.17) is 4.74 Å². The number of nitrogens with zero attached hydrogens (tertiary/aromatic N) is 3. The molecule has 0 saturated carbocycles. The molecular formula is C16H17F3IN3O. The Morgan fingerprint density at radius 3 is 2.67 bits per heavy atom. The zero-order valence-electron chi connectivity index (χ0n) is 13.3. The summed E-state index contributed by atoms with van der Waals surface area (Å²) in [4.78, 5) is 9.46. The number of unbranched alkanes of at least 4 members (excludes halogenated alkanes) is 1. The number of hydrogen-bond donors (Lipinski definition) is 0. The van der Waals surface area contributed by atoms with Crippen molar-refractivity contribution in [3.63, 3.8) is 0 Å². The van der Waals surface area contributed by atoms with Crippen molar-refractivity contribution in [3.8, 4) is 5.88 Å². The van der Waals surface area contributed by atoms with Gasteiger partial charge in [0.05, 0.1) is 6.61 Å². The fraction of sp³-hybridized carbons (Fsp3) is 0.375. The second kappa shape index (κ2) is 8.00. The normalized spacial score (nSPS) is 11.4. The van der Waals surface area contributed by atoms with Crippen molar-refractivity contribution >= 4 is 34.2 Å². The molecule has 0 aliphatic carbocycles. The lowest BCUT2D eigenvalue weighted by Gasteiger charge is -2.19. The lowest BCUT2D eigenvalue weighted by Crippen LogP contribution is -2.17. The summed E-state index contributed by atoms with van der Waals surface area (Å²) < 4.78 is 45.5. The maximum atomic E-state index is 13.1. The van der Waals surface area contributed by atoms with E-state index in [1.165, 1.54) is 0 Å². The molecule has 1 aromatic heterocycles. The van der Waals surface area contributed by atoms with Crippen LogP contribution in [0, 0.1) is 3.57 Å². The van der Waals surface area contributed by atoms with Crippen LogP contribution in [0.15, 0.2) is 30.5 Å². The predicted octanol–water partition coefficient (Wildman–Crippen LogP) is 5.05. The average Bonchev–Trinajstić information content (AvgIpc) is 2.53. The van der Waals surface area contributed by atoms with Crippen LogP contribution < -0.4 is 9.64 Å². The third-order valence-electron chi connectivity index (χ3n) is 3.28. The quantitative estimate of drug-likeness (QED) is 0.456. The standard InChI is InChI=1S/C16H17F3IN3O/c1-3-4-8-24-14-13(16(17,18)19)10-21-15(22-14)23(2)12-7-5-6-11(20)9-12/h5-7,9-10H,3-4,8H2,1-2H3. The van der Waals surface area contributed by atoms with Gasteiger partial charge in [-0.1, -0.05) is 19.4 Å². The van der Waals surface area contributed by atoms with Gasteiger partial charge < -0.3 is 9.64 Å². The van der Waals surface area contributed by atoms with Gasteiger partial charge in [-0.2, -0.15) is 18.2 Å². The van der Waals surface area contributed by atoms with Crippen LogP contribution in [0.5, 0.6) is 5.88 Å². The Morgan fingerprint density at radius 2 is 2.04 bits per heavy atom. The summed E-state index contributed by atoms with van der Waals surface area (Å²) in [5.41, 5.74) is -0.181. The molecule has 0 fully saturated rings. The van der Waals surface area contributed by atoms with Crippen LogP contribution in [-0.4, -0.2) is 23.6 Å². The molecule has 2 aromatic rings. The van der Waals surface area contributed by atoms with Crippen molar-refractivity contribution in [1.82, 2.24) is 9.97 Å². The van der Waals surface area contributed by atoms with E-state index in [9.17, 15) is 13.2 Å². The smallest absolute Gasteiger partial charge is 0.423 e. The Morgan fingerprint density at radius 1 is 1.29 bits per heavy atom. The predicted molar refractivity (Wildman–Crippen MR) is 94.7 cm³/mol. The van der Waals surface area contributed by atoms with Crippen LogP contribution in [0.1, 0.15) is 25.3 Å². The fourth-order valence-electron chi connectivity index (χ4n) is 1.94. The molecule has 0 atom stereocenters. The fourth-order valence-corrected chi connectivity index (χ4v) is 2.46. The first-order valence-corrected chi connectivity index (χ1v) is 8.47. The van der Waals surface area contributed by atoms with E-state index in [0.717, 1.165) is 21.9 Å². The van der Waals surface area contributed by atoms with Crippen LogP contribution in [0.25, 0.3) is 0 Å². The van der Waals surface area contributed by atoms with Crippen LogP contribution >= 0.6 is 22.6 Å². The molecule has 0 amide bonds. The van der Waals surface area contributed by atoms with E-state index in [2.05, 4.69) is 32.6 Å². The molecule has 24 heavy (non-hydrogen) atoms. The van der Waals surface area contributed by atoms with E-state index >= 15 is 0 Å². The minimum atomic E-state index is -4.55. The molecule has 0 unspecified atom stereocenters. The van der Waals surface area contributed by atoms with Crippen LogP contribution in [0.2, 0.25) is 0 Å². The molecule has 130 valence electrons. The number of aromatic nitrogens is 2. The summed E-state index contributed by atoms with van der Waals surface area (Å²) in [5, 5.41) is 0. The molecule has 0 spiro atoms. The number of halogens is 4. The van der Waals surface area contributed by atoms with Crippen LogP contribution in [0.4, 0.5) is 24.8 Å². The summed E-state index contributed by atoms with van der Waals surface area (Å²) >= 11 is 2.16. The highest BCUT2D eigenvalue weighted by Gasteiger charge is 2.36. The van der Waals surface area contributed by atoms with Crippen molar-refractivity contribution < 1.29 is 17.9 Å². The molecule has 0 aliphatic rings. The molecule has 0 radical (unpaired) electrons. The van der Waals surface area contributed by atoms with Gasteiger partial charge in [0.25, 0.3) is 0 Å². The minimum absolute atomic E-state index is 0.150. The van der Waals surface area contributed by atoms with Gasteiger partial charge in [0.15, 0.2) is 0 Å². The Kier molecular flexibility index (Phi) is 6.25. The van der Waals surface area contributed by atoms with E-state index in [1.54, 1.807) is 11.9 Å². The highest BCUT2D eigenvalue weighted by Crippen LogP contribution is 2.36. The monoisotopic (exact) mass is 451 g/mol. The topological polar surface area (TPSA) is 38.2 Å². The van der Waals surface area contributed by atoms with Gasteiger partial charge in [0, 0.05) is 22.5 Å². The van der Waals surface area contributed by atoms with Crippen LogP contribution in [-0.2, 0) is 6.18 Å². The molecule has 4 nitrogen and oxygen atoms in total. The van der Waals surface area contributed by atoms with Crippen molar-refractivity contribution in [3.05, 3.63) is 39.6 Å². The van der Waals surface area contributed by atoms with Crippen LogP contribution in [0.3, 0.4) is 0 Å². The molecule has 0 N–H and O–H groups in total. The Hall–Kier alpha value is -1.58. The van der Waals surface area contributed by atoms with Gasteiger partial charge in [-0.3, -0.25) is 0 Å². The summed E-state index contributed by atoms with van der Waals surface area (Å²) in [6, 6.07) is 7.50.